The molecule has 0 fully saturated rings. The van der Waals surface area contributed by atoms with E-state index in [9.17, 15) is 24.2 Å². The van der Waals surface area contributed by atoms with Gasteiger partial charge < -0.3 is 24.6 Å². The van der Waals surface area contributed by atoms with Gasteiger partial charge in [0.2, 0.25) is 0 Å². The fraction of sp³-hybridized carbons (Fsp3) is 0.783. The molecule has 0 bridgehead atoms. The average Bonchev–Trinajstić information content (AvgIpc) is 3.20. The number of allylic oxidation sites excluding steroid dienone is 8. The van der Waals surface area contributed by atoms with Crippen molar-refractivity contribution in [1.82, 2.24) is 0 Å². The highest BCUT2D eigenvalue weighted by molar-refractivity contribution is 7.47. The van der Waals surface area contributed by atoms with E-state index in [-0.39, 0.29) is 19.4 Å². The SMILES string of the molecule is CCCCC/C=C/C/C=C/CCCCCCCCCCCC(=O)O[C@H](COC(=O)CCCCCCC/C=C/C=C/CCCCCC)COP(=O)(O)OC[C@@H](O)CO. The van der Waals surface area contributed by atoms with Crippen molar-refractivity contribution < 1.29 is 47.8 Å². The van der Waals surface area contributed by atoms with Gasteiger partial charge in [0.1, 0.15) is 12.7 Å². The van der Waals surface area contributed by atoms with Crippen LogP contribution in [0.4, 0.5) is 0 Å². The van der Waals surface area contributed by atoms with Crippen LogP contribution < -0.4 is 0 Å². The Labute approximate surface area is 347 Å². The minimum Gasteiger partial charge on any atom is -0.462 e. The Balaban J connectivity index is 4.29. The molecule has 57 heavy (non-hydrogen) atoms. The highest BCUT2D eigenvalue weighted by Crippen LogP contribution is 2.43. The van der Waals surface area contributed by atoms with Crippen LogP contribution in [0.25, 0.3) is 0 Å². The molecule has 10 nitrogen and oxygen atoms in total. The number of aliphatic hydroxyl groups excluding tert-OH is 2. The van der Waals surface area contributed by atoms with Crippen LogP contribution >= 0.6 is 7.82 Å². The molecule has 0 aromatic heterocycles. The van der Waals surface area contributed by atoms with Crippen molar-refractivity contribution in [3.05, 3.63) is 48.6 Å². The lowest BCUT2D eigenvalue weighted by molar-refractivity contribution is -0.161. The zero-order chi connectivity index (χ0) is 41.9. The summed E-state index contributed by atoms with van der Waals surface area (Å²) in [6, 6.07) is 0. The fourth-order valence-corrected chi connectivity index (χ4v) is 6.74. The van der Waals surface area contributed by atoms with Crippen molar-refractivity contribution in [1.29, 1.82) is 0 Å². The first-order valence-electron chi connectivity index (χ1n) is 22.6. The molecule has 0 saturated heterocycles. The van der Waals surface area contributed by atoms with Crippen LogP contribution in [0.3, 0.4) is 0 Å². The van der Waals surface area contributed by atoms with Crippen LogP contribution in [0.5, 0.6) is 0 Å². The van der Waals surface area contributed by atoms with E-state index in [4.69, 9.17) is 23.6 Å². The number of carbonyl (C=O) groups excluding carboxylic acids is 2. The molecule has 0 aliphatic heterocycles. The Hall–Kier alpha value is -2.07. The highest BCUT2D eigenvalue weighted by Gasteiger charge is 2.27. The Kier molecular flexibility index (Phi) is 40.5. The van der Waals surface area contributed by atoms with Gasteiger partial charge in [-0.05, 0) is 70.6 Å². The summed E-state index contributed by atoms with van der Waals surface area (Å²) in [6.45, 7) is 2.32. The topological polar surface area (TPSA) is 149 Å². The van der Waals surface area contributed by atoms with Gasteiger partial charge in [-0.25, -0.2) is 4.57 Å². The molecule has 3 N–H and O–H groups in total. The molecule has 0 aliphatic rings. The molecule has 0 spiro atoms. The van der Waals surface area contributed by atoms with Crippen LogP contribution in [0.1, 0.15) is 194 Å². The summed E-state index contributed by atoms with van der Waals surface area (Å²) in [4.78, 5) is 35.0. The third kappa shape index (κ3) is 41.9. The molecule has 1 unspecified atom stereocenters. The normalized spacial score (nSPS) is 14.3. The first-order chi connectivity index (χ1) is 27.7. The third-order valence-corrected chi connectivity index (χ3v) is 10.4. The number of rotatable bonds is 42. The van der Waals surface area contributed by atoms with E-state index >= 15 is 0 Å². The summed E-state index contributed by atoms with van der Waals surface area (Å²) in [5.41, 5.74) is 0. The maximum atomic E-state index is 12.6. The summed E-state index contributed by atoms with van der Waals surface area (Å²) < 4.78 is 32.7. The van der Waals surface area contributed by atoms with Gasteiger partial charge in [-0.2, -0.15) is 0 Å². The molecule has 0 saturated carbocycles. The van der Waals surface area contributed by atoms with Crippen LogP contribution in [0, 0.1) is 0 Å². The number of phosphoric ester groups is 1. The summed E-state index contributed by atoms with van der Waals surface area (Å²) >= 11 is 0. The number of unbranched alkanes of at least 4 members (excludes halogenated alkanes) is 21. The standard InChI is InChI=1S/C46H83O10P/c1-3-5-7-9-11-13-15-17-19-20-21-22-24-26-28-30-32-34-36-38-46(50)56-44(42-55-57(51,52)54-40-43(48)39-47)41-53-45(49)37-35-33-31-29-27-25-23-18-16-14-12-10-8-6-4-2/h11,13-14,16-19,23,43-44,47-48H,3-10,12,15,20-22,24-42H2,1-2H3,(H,51,52)/b13-11+,16-14+,19-17+,23-18+/t43-,44+/m0/s1. The van der Waals surface area contributed by atoms with E-state index in [1.54, 1.807) is 0 Å². The van der Waals surface area contributed by atoms with Crippen molar-refractivity contribution in [3.63, 3.8) is 0 Å². The number of ether oxygens (including phenoxy) is 2. The molecule has 332 valence electrons. The number of hydrogen-bond acceptors (Lipinski definition) is 9. The summed E-state index contributed by atoms with van der Waals surface area (Å²) in [7, 11) is -4.62. The zero-order valence-electron chi connectivity index (χ0n) is 36.0. The lowest BCUT2D eigenvalue weighted by atomic mass is 10.1. The van der Waals surface area contributed by atoms with Gasteiger partial charge in [0.05, 0.1) is 19.8 Å². The monoisotopic (exact) mass is 827 g/mol. The van der Waals surface area contributed by atoms with Gasteiger partial charge in [0.25, 0.3) is 0 Å². The smallest absolute Gasteiger partial charge is 0.462 e. The maximum absolute atomic E-state index is 12.6. The molecule has 3 atom stereocenters. The Morgan fingerprint density at radius 1 is 0.544 bits per heavy atom. The van der Waals surface area contributed by atoms with Gasteiger partial charge in [0.15, 0.2) is 6.10 Å². The number of carbonyl (C=O) groups is 2. The summed E-state index contributed by atoms with van der Waals surface area (Å²) in [5.74, 6) is -0.947. The van der Waals surface area contributed by atoms with Crippen LogP contribution in [0.15, 0.2) is 48.6 Å². The lowest BCUT2D eigenvalue weighted by Crippen LogP contribution is -2.29. The Bertz CT molecular complexity index is 1090. The number of hydrogen-bond donors (Lipinski definition) is 3. The predicted octanol–water partition coefficient (Wildman–Crippen LogP) is 12.1. The van der Waals surface area contributed by atoms with Gasteiger partial charge in [0, 0.05) is 12.8 Å². The largest absolute Gasteiger partial charge is 0.472 e. The molecule has 0 rings (SSSR count). The minimum atomic E-state index is -4.62. The summed E-state index contributed by atoms with van der Waals surface area (Å²) in [6.07, 6.45) is 45.0. The second-order valence-electron chi connectivity index (χ2n) is 15.1. The average molecular weight is 827 g/mol. The summed E-state index contributed by atoms with van der Waals surface area (Å²) in [5, 5.41) is 18.3. The number of aliphatic hydroxyl groups is 2. The van der Waals surface area contributed by atoms with Crippen molar-refractivity contribution in [2.45, 2.75) is 206 Å². The van der Waals surface area contributed by atoms with Gasteiger partial charge in [-0.3, -0.25) is 18.6 Å². The van der Waals surface area contributed by atoms with Crippen molar-refractivity contribution >= 4 is 19.8 Å². The van der Waals surface area contributed by atoms with Crippen LogP contribution in [0.2, 0.25) is 0 Å². The van der Waals surface area contributed by atoms with Crippen molar-refractivity contribution in [3.8, 4) is 0 Å². The molecule has 0 aromatic carbocycles. The molecule has 0 amide bonds. The second kappa shape index (κ2) is 42.1. The van der Waals surface area contributed by atoms with E-state index in [2.05, 4.69) is 62.5 Å². The Morgan fingerprint density at radius 3 is 1.49 bits per heavy atom. The minimum absolute atomic E-state index is 0.175. The first kappa shape index (κ1) is 54.9. The molecular formula is C46H83O10P. The molecule has 0 aliphatic carbocycles. The first-order valence-corrected chi connectivity index (χ1v) is 24.1. The fourth-order valence-electron chi connectivity index (χ4n) is 5.95. The number of phosphoric acid groups is 1. The number of esters is 2. The Morgan fingerprint density at radius 2 is 0.965 bits per heavy atom. The van der Waals surface area contributed by atoms with Crippen LogP contribution in [-0.2, 0) is 32.7 Å². The molecular weight excluding hydrogens is 743 g/mol. The third-order valence-electron chi connectivity index (χ3n) is 9.48. The van der Waals surface area contributed by atoms with E-state index < -0.39 is 51.8 Å². The van der Waals surface area contributed by atoms with Gasteiger partial charge in [-0.1, -0.05) is 159 Å². The maximum Gasteiger partial charge on any atom is 0.472 e. The highest BCUT2D eigenvalue weighted by atomic mass is 31.2. The van der Waals surface area contributed by atoms with Gasteiger partial charge in [-0.15, -0.1) is 0 Å². The quantitative estimate of drug-likeness (QED) is 0.0178. The van der Waals surface area contributed by atoms with E-state index in [0.717, 1.165) is 70.6 Å². The van der Waals surface area contributed by atoms with Crippen LogP contribution in [-0.4, -0.2) is 65.7 Å². The molecule has 0 aromatic rings. The molecule has 0 heterocycles. The van der Waals surface area contributed by atoms with Crippen molar-refractivity contribution in [2.24, 2.45) is 0 Å². The molecule has 0 radical (unpaired) electrons. The molecule has 11 heteroatoms. The lowest BCUT2D eigenvalue weighted by Gasteiger charge is -2.20. The van der Waals surface area contributed by atoms with Gasteiger partial charge >= 0.3 is 19.8 Å². The van der Waals surface area contributed by atoms with E-state index in [1.807, 2.05) is 0 Å². The van der Waals surface area contributed by atoms with E-state index in [0.29, 0.717) is 12.8 Å². The zero-order valence-corrected chi connectivity index (χ0v) is 36.9. The van der Waals surface area contributed by atoms with Crippen molar-refractivity contribution in [2.75, 3.05) is 26.4 Å². The predicted molar refractivity (Wildman–Crippen MR) is 233 cm³/mol. The van der Waals surface area contributed by atoms with E-state index in [1.165, 1.54) is 83.5 Å². The second-order valence-corrected chi connectivity index (χ2v) is 16.6.